The number of aryl methyl sites for hydroxylation is 2. The quantitative estimate of drug-likeness (QED) is 0.804. The first-order chi connectivity index (χ1) is 10.6. The summed E-state index contributed by atoms with van der Waals surface area (Å²) in [5.74, 6) is 0.997. The third-order valence-corrected chi connectivity index (χ3v) is 3.87. The van der Waals surface area contributed by atoms with E-state index in [9.17, 15) is 4.79 Å². The second-order valence-corrected chi connectivity index (χ2v) is 5.48. The summed E-state index contributed by atoms with van der Waals surface area (Å²) in [5.41, 5.74) is 4.11. The number of hydrogen-bond acceptors (Lipinski definition) is 2. The van der Waals surface area contributed by atoms with Gasteiger partial charge in [-0.05, 0) is 30.2 Å². The molecular formula is C18H19N3O. The van der Waals surface area contributed by atoms with Crippen LogP contribution in [0.15, 0.2) is 48.5 Å². The SMILES string of the molecule is Cc1nc2cc(CC(=O)NCc3ccccc3)ccc2n1C. The first-order valence-corrected chi connectivity index (χ1v) is 7.36. The zero-order valence-corrected chi connectivity index (χ0v) is 12.8. The lowest BCUT2D eigenvalue weighted by Crippen LogP contribution is -2.24. The number of carbonyl (C=O) groups excluding carboxylic acids is 1. The Kier molecular flexibility index (Phi) is 3.92. The highest BCUT2D eigenvalue weighted by atomic mass is 16.1. The summed E-state index contributed by atoms with van der Waals surface area (Å²) in [5, 5.41) is 2.95. The summed E-state index contributed by atoms with van der Waals surface area (Å²) >= 11 is 0. The van der Waals surface area contributed by atoms with Crippen molar-refractivity contribution in [2.75, 3.05) is 0 Å². The Bertz CT molecular complexity index is 806. The highest BCUT2D eigenvalue weighted by molar-refractivity contribution is 5.82. The number of amides is 1. The van der Waals surface area contributed by atoms with Crippen LogP contribution in [0, 0.1) is 6.92 Å². The van der Waals surface area contributed by atoms with Gasteiger partial charge in [0.2, 0.25) is 5.91 Å². The van der Waals surface area contributed by atoms with Gasteiger partial charge in [-0.2, -0.15) is 0 Å². The van der Waals surface area contributed by atoms with Crippen LogP contribution in [0.25, 0.3) is 11.0 Å². The van der Waals surface area contributed by atoms with Crippen LogP contribution in [0.2, 0.25) is 0 Å². The van der Waals surface area contributed by atoms with Crippen LogP contribution in [-0.4, -0.2) is 15.5 Å². The molecule has 4 heteroatoms. The van der Waals surface area contributed by atoms with E-state index in [1.165, 1.54) is 0 Å². The van der Waals surface area contributed by atoms with Gasteiger partial charge in [-0.25, -0.2) is 4.98 Å². The summed E-state index contributed by atoms with van der Waals surface area (Å²) in [6.07, 6.45) is 0.373. The molecule has 0 aliphatic carbocycles. The Hall–Kier alpha value is -2.62. The van der Waals surface area contributed by atoms with Gasteiger partial charge in [0.15, 0.2) is 0 Å². The standard InChI is InChI=1S/C18H19N3O/c1-13-20-16-10-15(8-9-17(16)21(13)2)11-18(22)19-12-14-6-4-3-5-7-14/h3-10H,11-12H2,1-2H3,(H,19,22). The van der Waals surface area contributed by atoms with Gasteiger partial charge in [-0.1, -0.05) is 36.4 Å². The number of carbonyl (C=O) groups is 1. The maximum absolute atomic E-state index is 12.1. The second kappa shape index (κ2) is 6.02. The second-order valence-electron chi connectivity index (χ2n) is 5.48. The fourth-order valence-corrected chi connectivity index (χ4v) is 2.52. The molecule has 0 fully saturated rings. The highest BCUT2D eigenvalue weighted by Crippen LogP contribution is 2.16. The lowest BCUT2D eigenvalue weighted by molar-refractivity contribution is -0.120. The van der Waals surface area contributed by atoms with Crippen LogP contribution in [0.1, 0.15) is 17.0 Å². The van der Waals surface area contributed by atoms with Crippen LogP contribution in [0.3, 0.4) is 0 Å². The topological polar surface area (TPSA) is 46.9 Å². The molecule has 1 amide bonds. The molecule has 0 saturated carbocycles. The summed E-state index contributed by atoms with van der Waals surface area (Å²) in [6, 6.07) is 15.9. The Balaban J connectivity index is 1.66. The maximum atomic E-state index is 12.1. The van der Waals surface area contributed by atoms with Crippen molar-refractivity contribution in [2.45, 2.75) is 19.9 Å². The zero-order valence-electron chi connectivity index (χ0n) is 12.8. The minimum Gasteiger partial charge on any atom is -0.352 e. The number of imidazole rings is 1. The van der Waals surface area contributed by atoms with Gasteiger partial charge >= 0.3 is 0 Å². The van der Waals surface area contributed by atoms with E-state index in [2.05, 4.69) is 14.9 Å². The highest BCUT2D eigenvalue weighted by Gasteiger charge is 2.08. The van der Waals surface area contributed by atoms with Gasteiger partial charge in [0, 0.05) is 13.6 Å². The predicted molar refractivity (Wildman–Crippen MR) is 87.4 cm³/mol. The number of nitrogens with one attached hydrogen (secondary N) is 1. The number of fused-ring (bicyclic) bond motifs is 1. The minimum atomic E-state index is 0.0239. The fourth-order valence-electron chi connectivity index (χ4n) is 2.52. The summed E-state index contributed by atoms with van der Waals surface area (Å²) in [7, 11) is 2.00. The molecule has 3 aromatic rings. The smallest absolute Gasteiger partial charge is 0.224 e. The van der Waals surface area contributed by atoms with E-state index in [0.717, 1.165) is 28.0 Å². The molecule has 0 bridgehead atoms. The Morgan fingerprint density at radius 3 is 2.68 bits per heavy atom. The van der Waals surface area contributed by atoms with Gasteiger partial charge in [0.05, 0.1) is 17.5 Å². The number of aromatic nitrogens is 2. The molecule has 0 spiro atoms. The first-order valence-electron chi connectivity index (χ1n) is 7.36. The average molecular weight is 293 g/mol. The Labute approximate surface area is 129 Å². The molecule has 2 aromatic carbocycles. The molecule has 0 saturated heterocycles. The molecule has 3 rings (SSSR count). The zero-order chi connectivity index (χ0) is 15.5. The van der Waals surface area contributed by atoms with Crippen LogP contribution >= 0.6 is 0 Å². The molecule has 4 nitrogen and oxygen atoms in total. The Morgan fingerprint density at radius 1 is 1.14 bits per heavy atom. The molecular weight excluding hydrogens is 274 g/mol. The Morgan fingerprint density at radius 2 is 1.91 bits per heavy atom. The van der Waals surface area contributed by atoms with Crippen LogP contribution in [-0.2, 0) is 24.8 Å². The van der Waals surface area contributed by atoms with Gasteiger partial charge in [0.25, 0.3) is 0 Å². The van der Waals surface area contributed by atoms with Crippen LogP contribution in [0.5, 0.6) is 0 Å². The maximum Gasteiger partial charge on any atom is 0.224 e. The molecule has 0 aliphatic rings. The number of rotatable bonds is 4. The molecule has 1 heterocycles. The molecule has 0 radical (unpaired) electrons. The van der Waals surface area contributed by atoms with E-state index in [-0.39, 0.29) is 5.91 Å². The van der Waals surface area contributed by atoms with Gasteiger partial charge in [0.1, 0.15) is 5.82 Å². The molecule has 0 atom stereocenters. The van der Waals surface area contributed by atoms with Crippen molar-refractivity contribution in [2.24, 2.45) is 7.05 Å². The normalized spacial score (nSPS) is 10.8. The predicted octanol–water partition coefficient (Wildman–Crippen LogP) is 2.74. The van der Waals surface area contributed by atoms with Crippen molar-refractivity contribution in [3.05, 3.63) is 65.5 Å². The monoisotopic (exact) mass is 293 g/mol. The molecule has 0 unspecified atom stereocenters. The third kappa shape index (κ3) is 3.01. The van der Waals surface area contributed by atoms with Crippen molar-refractivity contribution in [1.29, 1.82) is 0 Å². The average Bonchev–Trinajstić information content (AvgIpc) is 2.81. The van der Waals surface area contributed by atoms with E-state index < -0.39 is 0 Å². The van der Waals surface area contributed by atoms with E-state index in [0.29, 0.717) is 13.0 Å². The van der Waals surface area contributed by atoms with Gasteiger partial charge in [-0.15, -0.1) is 0 Å². The van der Waals surface area contributed by atoms with E-state index in [4.69, 9.17) is 0 Å². The molecule has 112 valence electrons. The molecule has 0 aliphatic heterocycles. The number of nitrogens with zero attached hydrogens (tertiary/aromatic N) is 2. The van der Waals surface area contributed by atoms with E-state index >= 15 is 0 Å². The molecule has 1 N–H and O–H groups in total. The number of benzene rings is 2. The van der Waals surface area contributed by atoms with E-state index in [1.54, 1.807) is 0 Å². The van der Waals surface area contributed by atoms with Crippen molar-refractivity contribution in [3.8, 4) is 0 Å². The van der Waals surface area contributed by atoms with Crippen LogP contribution in [0.4, 0.5) is 0 Å². The lowest BCUT2D eigenvalue weighted by atomic mass is 10.1. The summed E-state index contributed by atoms with van der Waals surface area (Å²) in [6.45, 7) is 2.54. The first kappa shape index (κ1) is 14.3. The fraction of sp³-hybridized carbons (Fsp3) is 0.222. The third-order valence-electron chi connectivity index (χ3n) is 3.87. The van der Waals surface area contributed by atoms with Gasteiger partial charge < -0.3 is 9.88 Å². The summed E-state index contributed by atoms with van der Waals surface area (Å²) < 4.78 is 2.05. The largest absolute Gasteiger partial charge is 0.352 e. The van der Waals surface area contributed by atoms with E-state index in [1.807, 2.05) is 62.5 Å². The van der Waals surface area contributed by atoms with Gasteiger partial charge in [-0.3, -0.25) is 4.79 Å². The van der Waals surface area contributed by atoms with Crippen LogP contribution < -0.4 is 5.32 Å². The summed E-state index contributed by atoms with van der Waals surface area (Å²) in [4.78, 5) is 16.6. The van der Waals surface area contributed by atoms with Crippen molar-refractivity contribution in [3.63, 3.8) is 0 Å². The minimum absolute atomic E-state index is 0.0239. The molecule has 22 heavy (non-hydrogen) atoms. The van der Waals surface area contributed by atoms with Crippen molar-refractivity contribution >= 4 is 16.9 Å². The number of hydrogen-bond donors (Lipinski definition) is 1. The lowest BCUT2D eigenvalue weighted by Gasteiger charge is -2.06. The molecule has 1 aromatic heterocycles. The van der Waals surface area contributed by atoms with Crippen molar-refractivity contribution in [1.82, 2.24) is 14.9 Å². The van der Waals surface area contributed by atoms with Crippen molar-refractivity contribution < 1.29 is 4.79 Å².